The summed E-state index contributed by atoms with van der Waals surface area (Å²) in [5.41, 5.74) is 0.937. The molecule has 0 N–H and O–H groups in total. The van der Waals surface area contributed by atoms with Crippen LogP contribution in [-0.2, 0) is 0 Å². The van der Waals surface area contributed by atoms with E-state index in [0.29, 0.717) is 0 Å². The van der Waals surface area contributed by atoms with Crippen LogP contribution >= 0.6 is 56.5 Å². The number of benzene rings is 1. The van der Waals surface area contributed by atoms with Crippen molar-refractivity contribution in [2.75, 3.05) is 0 Å². The molecule has 2 nitrogen and oxygen atoms in total. The van der Waals surface area contributed by atoms with Crippen molar-refractivity contribution < 1.29 is 4.39 Å². The van der Waals surface area contributed by atoms with E-state index in [0.717, 1.165) is 17.2 Å². The number of aromatic nitrogens is 2. The Labute approximate surface area is 111 Å². The summed E-state index contributed by atoms with van der Waals surface area (Å²) >= 11 is 5.71. The first kappa shape index (κ1) is 10.7. The second-order valence-corrected chi connectivity index (χ2v) is 6.38. The SMILES string of the molecule is Fc1ccc(-c2nnc(I)s2)c(I)c1. The largest absolute Gasteiger partial charge is 0.207 e. The number of rotatable bonds is 1. The lowest BCUT2D eigenvalue weighted by molar-refractivity contribution is 0.627. The van der Waals surface area contributed by atoms with Crippen molar-refractivity contribution in [1.29, 1.82) is 0 Å². The zero-order valence-electron chi connectivity index (χ0n) is 6.67. The lowest BCUT2D eigenvalue weighted by atomic mass is 10.2. The summed E-state index contributed by atoms with van der Waals surface area (Å²) in [6, 6.07) is 4.66. The Morgan fingerprint density at radius 3 is 2.57 bits per heavy atom. The van der Waals surface area contributed by atoms with E-state index in [2.05, 4.69) is 55.4 Å². The molecule has 0 spiro atoms. The van der Waals surface area contributed by atoms with Crippen molar-refractivity contribution in [2.24, 2.45) is 0 Å². The van der Waals surface area contributed by atoms with Gasteiger partial charge in [0.1, 0.15) is 10.8 Å². The molecular weight excluding hydrogens is 429 g/mol. The van der Waals surface area contributed by atoms with E-state index in [1.807, 2.05) is 0 Å². The van der Waals surface area contributed by atoms with Crippen LogP contribution in [-0.4, -0.2) is 10.2 Å². The number of hydrogen-bond donors (Lipinski definition) is 0. The van der Waals surface area contributed by atoms with Gasteiger partial charge in [-0.15, -0.1) is 10.2 Å². The second-order valence-electron chi connectivity index (χ2n) is 2.48. The highest BCUT2D eigenvalue weighted by Crippen LogP contribution is 2.28. The maximum atomic E-state index is 12.8. The third-order valence-electron chi connectivity index (χ3n) is 1.56. The van der Waals surface area contributed by atoms with Gasteiger partial charge in [-0.05, 0) is 63.4 Å². The molecule has 0 fully saturated rings. The molecule has 1 aromatic heterocycles. The third-order valence-corrected chi connectivity index (χ3v) is 4.08. The summed E-state index contributed by atoms with van der Waals surface area (Å²) in [4.78, 5) is 0. The van der Waals surface area contributed by atoms with Crippen LogP contribution in [0.4, 0.5) is 4.39 Å². The van der Waals surface area contributed by atoms with E-state index in [4.69, 9.17) is 0 Å². The van der Waals surface area contributed by atoms with Gasteiger partial charge in [-0.1, -0.05) is 11.3 Å². The molecule has 0 radical (unpaired) electrons. The maximum absolute atomic E-state index is 12.8. The Kier molecular flexibility index (Phi) is 3.32. The molecule has 14 heavy (non-hydrogen) atoms. The summed E-state index contributed by atoms with van der Waals surface area (Å²) in [6.45, 7) is 0. The van der Waals surface area contributed by atoms with Crippen molar-refractivity contribution >= 4 is 56.5 Å². The molecule has 0 aliphatic heterocycles. The summed E-state index contributed by atoms with van der Waals surface area (Å²) in [7, 11) is 0. The molecule has 0 saturated heterocycles. The average Bonchev–Trinajstić information content (AvgIpc) is 2.51. The van der Waals surface area contributed by atoms with Gasteiger partial charge in [-0.2, -0.15) is 0 Å². The third kappa shape index (κ3) is 2.22. The van der Waals surface area contributed by atoms with Gasteiger partial charge < -0.3 is 0 Å². The van der Waals surface area contributed by atoms with Crippen LogP contribution < -0.4 is 0 Å². The fraction of sp³-hybridized carbons (Fsp3) is 0. The number of hydrogen-bond acceptors (Lipinski definition) is 3. The van der Waals surface area contributed by atoms with Crippen molar-refractivity contribution in [3.63, 3.8) is 0 Å². The van der Waals surface area contributed by atoms with Crippen molar-refractivity contribution in [3.8, 4) is 10.6 Å². The molecular formula is C8H3FI2N2S. The first-order valence-corrected chi connectivity index (χ1v) is 6.58. The number of nitrogens with zero attached hydrogens (tertiary/aromatic N) is 2. The van der Waals surface area contributed by atoms with E-state index in [-0.39, 0.29) is 5.82 Å². The molecule has 6 heteroatoms. The minimum atomic E-state index is -0.225. The Bertz CT molecular complexity index is 472. The van der Waals surface area contributed by atoms with Gasteiger partial charge in [0.15, 0.2) is 3.01 Å². The molecule has 2 aromatic rings. The van der Waals surface area contributed by atoms with Crippen LogP contribution in [0.1, 0.15) is 0 Å². The zero-order chi connectivity index (χ0) is 10.1. The average molecular weight is 432 g/mol. The van der Waals surface area contributed by atoms with Gasteiger partial charge in [0, 0.05) is 9.13 Å². The lowest BCUT2D eigenvalue weighted by Gasteiger charge is -1.98. The molecule has 2 rings (SSSR count). The Morgan fingerprint density at radius 1 is 1.21 bits per heavy atom. The zero-order valence-corrected chi connectivity index (χ0v) is 11.8. The van der Waals surface area contributed by atoms with Gasteiger partial charge in [0.25, 0.3) is 0 Å². The van der Waals surface area contributed by atoms with E-state index in [9.17, 15) is 4.39 Å². The van der Waals surface area contributed by atoms with Crippen molar-refractivity contribution in [1.82, 2.24) is 10.2 Å². The molecule has 1 aromatic carbocycles. The van der Waals surface area contributed by atoms with E-state index < -0.39 is 0 Å². The Hall–Kier alpha value is 0.170. The van der Waals surface area contributed by atoms with Crippen LogP contribution in [0.15, 0.2) is 18.2 Å². The Balaban J connectivity index is 2.52. The predicted octanol–water partition coefficient (Wildman–Crippen LogP) is 3.55. The highest BCUT2D eigenvalue weighted by Gasteiger charge is 2.08. The minimum absolute atomic E-state index is 0.225. The fourth-order valence-corrected chi connectivity index (χ4v) is 3.24. The molecule has 0 aliphatic rings. The fourth-order valence-electron chi connectivity index (χ4n) is 0.977. The highest BCUT2D eigenvalue weighted by molar-refractivity contribution is 14.1. The quantitative estimate of drug-likeness (QED) is 0.645. The molecule has 0 bridgehead atoms. The molecule has 0 aliphatic carbocycles. The number of halogens is 3. The standard InChI is InChI=1S/C8H3FI2N2S/c9-4-1-2-5(6(10)3-4)7-12-13-8(11)14-7/h1-3H. The lowest BCUT2D eigenvalue weighted by Crippen LogP contribution is -1.84. The van der Waals surface area contributed by atoms with Gasteiger partial charge in [-0.3, -0.25) is 0 Å². The first-order valence-electron chi connectivity index (χ1n) is 3.61. The molecule has 0 saturated carbocycles. The van der Waals surface area contributed by atoms with E-state index >= 15 is 0 Å². The van der Waals surface area contributed by atoms with Gasteiger partial charge in [-0.25, -0.2) is 4.39 Å². The molecule has 72 valence electrons. The van der Waals surface area contributed by atoms with Crippen molar-refractivity contribution in [3.05, 3.63) is 30.6 Å². The van der Waals surface area contributed by atoms with Crippen LogP contribution in [0.2, 0.25) is 0 Å². The summed E-state index contributed by atoms with van der Waals surface area (Å²) in [6.07, 6.45) is 0. The van der Waals surface area contributed by atoms with Crippen LogP contribution in [0.5, 0.6) is 0 Å². The Morgan fingerprint density at radius 2 is 2.00 bits per heavy atom. The van der Waals surface area contributed by atoms with E-state index in [1.165, 1.54) is 23.5 Å². The summed E-state index contributed by atoms with van der Waals surface area (Å²) < 4.78 is 14.6. The summed E-state index contributed by atoms with van der Waals surface area (Å²) in [5, 5.41) is 8.76. The highest BCUT2D eigenvalue weighted by atomic mass is 127. The summed E-state index contributed by atoms with van der Waals surface area (Å²) in [5.74, 6) is -0.225. The molecule has 0 atom stereocenters. The predicted molar refractivity (Wildman–Crippen MR) is 70.7 cm³/mol. The first-order chi connectivity index (χ1) is 6.66. The molecule has 0 unspecified atom stereocenters. The maximum Gasteiger partial charge on any atom is 0.178 e. The van der Waals surface area contributed by atoms with E-state index in [1.54, 1.807) is 6.07 Å². The van der Waals surface area contributed by atoms with Crippen LogP contribution in [0, 0.1) is 12.4 Å². The monoisotopic (exact) mass is 432 g/mol. The second kappa shape index (κ2) is 4.35. The van der Waals surface area contributed by atoms with Crippen molar-refractivity contribution in [2.45, 2.75) is 0 Å². The molecule has 0 amide bonds. The minimum Gasteiger partial charge on any atom is -0.207 e. The topological polar surface area (TPSA) is 25.8 Å². The van der Waals surface area contributed by atoms with Crippen LogP contribution in [0.3, 0.4) is 0 Å². The normalized spacial score (nSPS) is 10.5. The van der Waals surface area contributed by atoms with Gasteiger partial charge >= 0.3 is 0 Å². The van der Waals surface area contributed by atoms with Gasteiger partial charge in [0.2, 0.25) is 0 Å². The van der Waals surface area contributed by atoms with Crippen LogP contribution in [0.25, 0.3) is 10.6 Å². The van der Waals surface area contributed by atoms with Gasteiger partial charge in [0.05, 0.1) is 0 Å². The molecule has 1 heterocycles. The smallest absolute Gasteiger partial charge is 0.178 e.